The maximum Gasteiger partial charge on any atom is 0.327 e. The molecule has 0 aliphatic carbocycles. The highest BCUT2D eigenvalue weighted by Gasteiger charge is 2.54. The lowest BCUT2D eigenvalue weighted by atomic mass is 9.83. The first-order valence-corrected chi connectivity index (χ1v) is 7.96. The third-order valence-corrected chi connectivity index (χ3v) is 4.44. The maximum atomic E-state index is 12.3. The van der Waals surface area contributed by atoms with Crippen LogP contribution < -0.4 is 11.5 Å². The van der Waals surface area contributed by atoms with Gasteiger partial charge in [0.2, 0.25) is 5.91 Å². The molecular formula is C14H25N5O4. The number of hydrogen-bond donors (Lipinski definition) is 4. The van der Waals surface area contributed by atoms with Crippen LogP contribution in [-0.4, -0.2) is 69.9 Å². The van der Waals surface area contributed by atoms with Crippen LogP contribution in [0, 0.1) is 5.92 Å². The smallest absolute Gasteiger partial charge is 0.327 e. The summed E-state index contributed by atoms with van der Waals surface area (Å²) in [4.78, 5) is 30.4. The predicted molar refractivity (Wildman–Crippen MR) is 83.1 cm³/mol. The molecule has 2 saturated heterocycles. The number of aliphatic hydroxyl groups excluding tert-OH is 1. The summed E-state index contributed by atoms with van der Waals surface area (Å²) >= 11 is 0. The van der Waals surface area contributed by atoms with Crippen LogP contribution in [0.25, 0.3) is 0 Å². The fraction of sp³-hybridized carbons (Fsp3) is 0.786. The van der Waals surface area contributed by atoms with Gasteiger partial charge in [-0.15, -0.1) is 0 Å². The van der Waals surface area contributed by atoms with Crippen molar-refractivity contribution in [3.8, 4) is 0 Å². The normalized spacial score (nSPS) is 26.5. The summed E-state index contributed by atoms with van der Waals surface area (Å²) < 4.78 is 0. The Morgan fingerprint density at radius 2 is 1.96 bits per heavy atom. The molecule has 1 amide bonds. The van der Waals surface area contributed by atoms with Crippen LogP contribution in [0.5, 0.6) is 0 Å². The highest BCUT2D eigenvalue weighted by atomic mass is 16.4. The lowest BCUT2D eigenvalue weighted by molar-refractivity contribution is -0.208. The number of aliphatic carboxylic acids is 1. The number of nitrogens with two attached hydrogens (primary N) is 2. The molecule has 9 heteroatoms. The molecule has 0 aromatic carbocycles. The Balaban J connectivity index is 1.94. The Morgan fingerprint density at radius 3 is 2.52 bits per heavy atom. The Bertz CT molecular complexity index is 474. The van der Waals surface area contributed by atoms with Gasteiger partial charge in [0.05, 0.1) is 5.92 Å². The number of carbonyl (C=O) groups excluding carboxylic acids is 1. The molecular weight excluding hydrogens is 302 g/mol. The van der Waals surface area contributed by atoms with Crippen LogP contribution in [0.4, 0.5) is 0 Å². The van der Waals surface area contributed by atoms with Crippen molar-refractivity contribution in [1.29, 1.82) is 0 Å². The van der Waals surface area contributed by atoms with Gasteiger partial charge in [0.15, 0.2) is 12.3 Å². The van der Waals surface area contributed by atoms with Crippen molar-refractivity contribution in [2.24, 2.45) is 22.4 Å². The summed E-state index contributed by atoms with van der Waals surface area (Å²) in [6, 6.07) is -0.987. The largest absolute Gasteiger partial charge is 0.480 e. The van der Waals surface area contributed by atoms with Crippen molar-refractivity contribution < 1.29 is 19.8 Å². The minimum atomic E-state index is -1.15. The number of guanidine groups is 1. The lowest BCUT2D eigenvalue weighted by Crippen LogP contribution is -2.70. The topological polar surface area (TPSA) is 145 Å². The van der Waals surface area contributed by atoms with Gasteiger partial charge in [0.25, 0.3) is 0 Å². The summed E-state index contributed by atoms with van der Waals surface area (Å²) in [6.07, 6.45) is 2.73. The minimum absolute atomic E-state index is 0.0260. The molecule has 0 radical (unpaired) electrons. The number of carboxylic acid groups (broad SMARTS) is 1. The van der Waals surface area contributed by atoms with Crippen LogP contribution >= 0.6 is 0 Å². The molecule has 0 aromatic heterocycles. The minimum Gasteiger partial charge on any atom is -0.480 e. The second-order valence-corrected chi connectivity index (χ2v) is 6.03. The van der Waals surface area contributed by atoms with Crippen molar-refractivity contribution in [2.45, 2.75) is 44.5 Å². The molecule has 2 aliphatic rings. The van der Waals surface area contributed by atoms with Gasteiger partial charge in [0, 0.05) is 19.6 Å². The zero-order chi connectivity index (χ0) is 17.0. The number of aliphatic hydroxyl groups is 1. The quantitative estimate of drug-likeness (QED) is 0.197. The fourth-order valence-corrected chi connectivity index (χ4v) is 3.25. The van der Waals surface area contributed by atoms with Crippen molar-refractivity contribution in [3.63, 3.8) is 0 Å². The molecule has 2 fully saturated rings. The Kier molecular flexibility index (Phi) is 5.78. The highest BCUT2D eigenvalue weighted by Crippen LogP contribution is 2.33. The summed E-state index contributed by atoms with van der Waals surface area (Å²) in [5.41, 5.74) is 10.4. The van der Waals surface area contributed by atoms with Gasteiger partial charge < -0.3 is 21.7 Å². The Labute approximate surface area is 134 Å². The van der Waals surface area contributed by atoms with Crippen LogP contribution in [0.1, 0.15) is 32.1 Å². The predicted octanol–water partition coefficient (Wildman–Crippen LogP) is -1.29. The molecule has 0 aromatic rings. The Hall–Kier alpha value is -1.87. The average molecular weight is 327 g/mol. The summed E-state index contributed by atoms with van der Waals surface area (Å²) in [5.74, 6) is -2.06. The van der Waals surface area contributed by atoms with Crippen LogP contribution in [0.2, 0.25) is 0 Å². The number of nitrogens with zero attached hydrogens (tertiary/aromatic N) is 3. The number of carbonyl (C=O) groups is 2. The monoisotopic (exact) mass is 327 g/mol. The van der Waals surface area contributed by atoms with Crippen molar-refractivity contribution in [2.75, 3.05) is 19.6 Å². The van der Waals surface area contributed by atoms with Crippen molar-refractivity contribution in [1.82, 2.24) is 9.80 Å². The number of β-lactam (4-membered cyclic amide) rings is 1. The van der Waals surface area contributed by atoms with Crippen molar-refractivity contribution >= 4 is 17.8 Å². The Morgan fingerprint density at radius 1 is 1.30 bits per heavy atom. The van der Waals surface area contributed by atoms with Gasteiger partial charge in [0.1, 0.15) is 6.04 Å². The van der Waals surface area contributed by atoms with E-state index in [4.69, 9.17) is 11.5 Å². The number of carboxylic acids is 1. The maximum absolute atomic E-state index is 12.3. The molecule has 23 heavy (non-hydrogen) atoms. The van der Waals surface area contributed by atoms with Crippen LogP contribution in [-0.2, 0) is 9.59 Å². The van der Waals surface area contributed by atoms with Gasteiger partial charge in [-0.2, -0.15) is 0 Å². The first-order valence-electron chi connectivity index (χ1n) is 7.96. The molecule has 0 spiro atoms. The molecule has 2 heterocycles. The number of rotatable bonds is 7. The van der Waals surface area contributed by atoms with Gasteiger partial charge in [-0.1, -0.05) is 6.42 Å². The molecule has 2 aliphatic heterocycles. The molecule has 3 atom stereocenters. The lowest BCUT2D eigenvalue weighted by Gasteiger charge is -2.50. The molecule has 0 bridgehead atoms. The highest BCUT2D eigenvalue weighted by molar-refractivity contribution is 5.96. The third kappa shape index (κ3) is 3.91. The van der Waals surface area contributed by atoms with Gasteiger partial charge in [-0.25, -0.2) is 4.79 Å². The van der Waals surface area contributed by atoms with E-state index < -0.39 is 24.3 Å². The number of hydrogen-bond acceptors (Lipinski definition) is 5. The first kappa shape index (κ1) is 17.5. The molecule has 9 nitrogen and oxygen atoms in total. The zero-order valence-corrected chi connectivity index (χ0v) is 13.1. The summed E-state index contributed by atoms with van der Waals surface area (Å²) in [7, 11) is 0. The fourth-order valence-electron chi connectivity index (χ4n) is 3.25. The number of likely N-dealkylation sites (tertiary alicyclic amines) is 2. The standard InChI is InChI=1S/C14H25N5O4/c15-13(16)17-6-4-5-9-10(12(21)22)19(11(9)20)14(23)18-7-2-1-3-8-18/h9-10,14,23H,1-8H2,(H,21,22)(H4,15,16,17)/t9-,10+,14?/m1/s1. The molecule has 130 valence electrons. The van der Waals surface area contributed by atoms with E-state index >= 15 is 0 Å². The summed E-state index contributed by atoms with van der Waals surface area (Å²) in [5, 5.41) is 19.8. The van der Waals surface area contributed by atoms with Crippen molar-refractivity contribution in [3.05, 3.63) is 0 Å². The van der Waals surface area contributed by atoms with E-state index in [-0.39, 0.29) is 11.9 Å². The zero-order valence-electron chi connectivity index (χ0n) is 13.1. The number of aliphatic imine (C=N–C) groups is 1. The van der Waals surface area contributed by atoms with E-state index in [0.717, 1.165) is 24.2 Å². The van der Waals surface area contributed by atoms with Gasteiger partial charge >= 0.3 is 5.97 Å². The third-order valence-electron chi connectivity index (χ3n) is 4.44. The molecule has 6 N–H and O–H groups in total. The average Bonchev–Trinajstić information content (AvgIpc) is 2.51. The second kappa shape index (κ2) is 7.60. The van der Waals surface area contributed by atoms with Gasteiger partial charge in [-0.3, -0.25) is 19.6 Å². The van der Waals surface area contributed by atoms with E-state index in [1.807, 2.05) is 0 Å². The van der Waals surface area contributed by atoms with E-state index in [0.29, 0.717) is 32.5 Å². The molecule has 2 rings (SSSR count). The SMILES string of the molecule is NC(N)=NCCC[C@H]1C(=O)N(C(O)N2CCCCC2)[C@@H]1C(=O)O. The first-order chi connectivity index (χ1) is 10.9. The van der Waals surface area contributed by atoms with Crippen LogP contribution in [0.3, 0.4) is 0 Å². The van der Waals surface area contributed by atoms with Gasteiger partial charge in [-0.05, 0) is 25.7 Å². The van der Waals surface area contributed by atoms with E-state index in [1.54, 1.807) is 4.90 Å². The summed E-state index contributed by atoms with van der Waals surface area (Å²) in [6.45, 7) is 1.70. The molecule has 1 unspecified atom stereocenters. The number of amides is 1. The second-order valence-electron chi connectivity index (χ2n) is 6.03. The van der Waals surface area contributed by atoms with E-state index in [9.17, 15) is 19.8 Å². The van der Waals surface area contributed by atoms with E-state index in [2.05, 4.69) is 4.99 Å². The van der Waals surface area contributed by atoms with E-state index in [1.165, 1.54) is 0 Å². The number of piperidine rings is 1. The molecule has 0 saturated carbocycles. The van der Waals surface area contributed by atoms with Crippen LogP contribution in [0.15, 0.2) is 4.99 Å².